The molecule has 4 heterocycles. The monoisotopic (exact) mass is 772 g/mol. The van der Waals surface area contributed by atoms with Crippen molar-refractivity contribution in [3.63, 3.8) is 0 Å². The fraction of sp³-hybridized carbons (Fsp3) is 0.395. The molecule has 2 saturated heterocycles. The number of imidazole rings is 1. The van der Waals surface area contributed by atoms with Gasteiger partial charge in [-0.3, -0.25) is 23.6 Å². The minimum absolute atomic E-state index is 0.210. The maximum atomic E-state index is 13.7. The number of carbonyl (C=O) groups excluding carboxylic acids is 6. The Kier molecular flexibility index (Phi) is 12.0. The van der Waals surface area contributed by atoms with Crippen LogP contribution in [0.1, 0.15) is 51.1 Å². The smallest absolute Gasteiger partial charge is 0.407 e. The number of rotatable bonds is 11. The van der Waals surface area contributed by atoms with Gasteiger partial charge in [-0.25, -0.2) is 14.6 Å². The Labute approximate surface area is 321 Å². The highest BCUT2D eigenvalue weighted by Gasteiger charge is 2.40. The minimum atomic E-state index is -1.00. The number of anilines is 2. The van der Waals surface area contributed by atoms with Gasteiger partial charge in [-0.15, -0.1) is 0 Å². The first-order chi connectivity index (χ1) is 26.5. The second-order valence-electron chi connectivity index (χ2n) is 13.7. The molecule has 4 N–H and O–H groups in total. The summed E-state index contributed by atoms with van der Waals surface area (Å²) in [6.07, 6.45) is 4.41. The van der Waals surface area contributed by atoms with Crippen LogP contribution in [0, 0.1) is 5.92 Å². The number of nitrogens with one attached hydrogen (secondary N) is 4. The van der Waals surface area contributed by atoms with Gasteiger partial charge in [-0.05, 0) is 54.9 Å². The standard InChI is InChI=1S/C38H44N8O8S/c1-22(2)30(42-37(51)53-3)34(49)45-18-9-13-27(45)33(48)40-29-21-44-20-28(55-36(44)41-29)23-14-16-25(17-15-23)39-32(47)26-12-8-19-46(26)35(50)31(43-38(52)54-4)24-10-6-5-7-11-24/h5-7,10-11,14-17,20-22,26-27,30-31H,8-9,12-13,18-19H2,1-4H3,(H,39,47)(H,40,48)(H,42,51)(H,43,52)/t26-,27?,30-,31-/m0/s1. The molecule has 6 rings (SSSR count). The Morgan fingerprint density at radius 2 is 1.36 bits per heavy atom. The predicted octanol–water partition coefficient (Wildman–Crippen LogP) is 4.40. The molecule has 4 atom stereocenters. The largest absolute Gasteiger partial charge is 0.453 e. The van der Waals surface area contributed by atoms with E-state index in [1.165, 1.54) is 35.4 Å². The number of benzene rings is 2. The molecule has 2 aliphatic heterocycles. The highest BCUT2D eigenvalue weighted by atomic mass is 32.1. The van der Waals surface area contributed by atoms with Crippen LogP contribution < -0.4 is 21.3 Å². The zero-order valence-electron chi connectivity index (χ0n) is 30.9. The molecule has 0 saturated carbocycles. The second-order valence-corrected chi connectivity index (χ2v) is 14.7. The molecule has 4 aromatic rings. The number of methoxy groups -OCH3 is 2. The molecule has 2 aromatic carbocycles. The van der Waals surface area contributed by atoms with Gasteiger partial charge < -0.3 is 40.5 Å². The van der Waals surface area contributed by atoms with Crippen molar-refractivity contribution >= 4 is 63.6 Å². The normalized spacial score (nSPS) is 17.8. The number of alkyl carbamates (subject to hydrolysis) is 2. The van der Waals surface area contributed by atoms with Crippen molar-refractivity contribution in [2.45, 2.75) is 63.7 Å². The van der Waals surface area contributed by atoms with Crippen molar-refractivity contribution in [2.24, 2.45) is 5.92 Å². The van der Waals surface area contributed by atoms with Gasteiger partial charge >= 0.3 is 12.2 Å². The Morgan fingerprint density at radius 1 is 0.764 bits per heavy atom. The number of aromatic nitrogens is 2. The third kappa shape index (κ3) is 8.72. The molecule has 6 amide bonds. The van der Waals surface area contributed by atoms with Crippen molar-refractivity contribution in [3.8, 4) is 10.4 Å². The third-order valence-electron chi connectivity index (χ3n) is 9.74. The molecule has 17 heteroatoms. The number of amides is 6. The molecule has 290 valence electrons. The minimum Gasteiger partial charge on any atom is -0.453 e. The van der Waals surface area contributed by atoms with E-state index in [0.717, 1.165) is 10.4 Å². The van der Waals surface area contributed by atoms with E-state index < -0.39 is 42.3 Å². The third-order valence-corrected chi connectivity index (χ3v) is 10.8. The molecule has 55 heavy (non-hydrogen) atoms. The molecule has 16 nitrogen and oxygen atoms in total. The summed E-state index contributed by atoms with van der Waals surface area (Å²) in [5.41, 5.74) is 2.03. The summed E-state index contributed by atoms with van der Waals surface area (Å²) in [6.45, 7) is 4.41. The van der Waals surface area contributed by atoms with Crippen LogP contribution in [0.3, 0.4) is 0 Å². The molecule has 2 fully saturated rings. The number of likely N-dealkylation sites (tertiary alicyclic amines) is 2. The summed E-state index contributed by atoms with van der Waals surface area (Å²) in [4.78, 5) is 86.9. The van der Waals surface area contributed by atoms with Crippen molar-refractivity contribution in [1.29, 1.82) is 0 Å². The summed E-state index contributed by atoms with van der Waals surface area (Å²) < 4.78 is 11.2. The van der Waals surface area contributed by atoms with E-state index in [4.69, 9.17) is 4.74 Å². The van der Waals surface area contributed by atoms with Crippen LogP contribution in [-0.4, -0.2) is 100 Å². The maximum absolute atomic E-state index is 13.7. The maximum Gasteiger partial charge on any atom is 0.407 e. The average molecular weight is 773 g/mol. The molecule has 0 aliphatic carbocycles. The fourth-order valence-corrected chi connectivity index (χ4v) is 7.87. The summed E-state index contributed by atoms with van der Waals surface area (Å²) in [6, 6.07) is 12.9. The molecule has 0 radical (unpaired) electrons. The Morgan fingerprint density at radius 3 is 1.96 bits per heavy atom. The van der Waals surface area contributed by atoms with Crippen LogP contribution in [0.15, 0.2) is 67.0 Å². The summed E-state index contributed by atoms with van der Waals surface area (Å²) in [7, 11) is 2.46. The van der Waals surface area contributed by atoms with Gasteiger partial charge in [0.1, 0.15) is 24.2 Å². The van der Waals surface area contributed by atoms with E-state index >= 15 is 0 Å². The number of hydrogen-bond donors (Lipinski definition) is 4. The Hall–Kier alpha value is -5.97. The van der Waals surface area contributed by atoms with Gasteiger partial charge in [-0.1, -0.05) is 67.6 Å². The van der Waals surface area contributed by atoms with Crippen LogP contribution in [0.5, 0.6) is 0 Å². The van der Waals surface area contributed by atoms with Gasteiger partial charge in [0.25, 0.3) is 5.91 Å². The quantitative estimate of drug-likeness (QED) is 0.171. The van der Waals surface area contributed by atoms with Crippen molar-refractivity contribution in [3.05, 3.63) is 72.6 Å². The van der Waals surface area contributed by atoms with Crippen LogP contribution in [0.2, 0.25) is 0 Å². The van der Waals surface area contributed by atoms with Gasteiger partial charge in [-0.2, -0.15) is 0 Å². The first kappa shape index (κ1) is 38.7. The topological polar surface area (TPSA) is 193 Å². The fourth-order valence-electron chi connectivity index (χ4n) is 6.90. The Balaban J connectivity index is 1.07. The molecule has 2 aromatic heterocycles. The first-order valence-electron chi connectivity index (χ1n) is 18.0. The lowest BCUT2D eigenvalue weighted by Gasteiger charge is -2.30. The second kappa shape index (κ2) is 17.0. The Bertz CT molecular complexity index is 2020. The molecular weight excluding hydrogens is 729 g/mol. The zero-order chi connectivity index (χ0) is 39.2. The van der Waals surface area contributed by atoms with E-state index in [-0.39, 0.29) is 23.6 Å². The average Bonchev–Trinajstić information content (AvgIpc) is 4.00. The van der Waals surface area contributed by atoms with Gasteiger partial charge in [0.15, 0.2) is 10.8 Å². The summed E-state index contributed by atoms with van der Waals surface area (Å²) >= 11 is 1.41. The first-order valence-corrected chi connectivity index (χ1v) is 18.8. The van der Waals surface area contributed by atoms with Crippen molar-refractivity contribution in [2.75, 3.05) is 37.9 Å². The summed E-state index contributed by atoms with van der Waals surface area (Å²) in [5, 5.41) is 11.0. The van der Waals surface area contributed by atoms with E-state index in [1.807, 2.05) is 38.2 Å². The van der Waals surface area contributed by atoms with Crippen LogP contribution in [0.25, 0.3) is 15.4 Å². The summed E-state index contributed by atoms with van der Waals surface area (Å²) in [5.74, 6) is -1.27. The van der Waals surface area contributed by atoms with Crippen molar-refractivity contribution in [1.82, 2.24) is 29.8 Å². The number of fused-ring (bicyclic) bond motifs is 1. The number of ether oxygens (including phenoxy) is 2. The van der Waals surface area contributed by atoms with Gasteiger partial charge in [0.2, 0.25) is 17.7 Å². The number of carbonyl (C=O) groups is 6. The lowest BCUT2D eigenvalue weighted by atomic mass is 10.0. The van der Waals surface area contributed by atoms with E-state index in [2.05, 4.69) is 31.0 Å². The molecule has 0 bridgehead atoms. The van der Waals surface area contributed by atoms with Crippen LogP contribution in [0.4, 0.5) is 21.1 Å². The number of thiazole rings is 1. The highest BCUT2D eigenvalue weighted by Crippen LogP contribution is 2.31. The molecule has 1 unspecified atom stereocenters. The molecular formula is C38H44N8O8S. The van der Waals surface area contributed by atoms with E-state index in [0.29, 0.717) is 60.8 Å². The van der Waals surface area contributed by atoms with Crippen molar-refractivity contribution < 1.29 is 38.2 Å². The number of hydrogen-bond acceptors (Lipinski definition) is 10. The van der Waals surface area contributed by atoms with Crippen LogP contribution in [-0.2, 0) is 28.7 Å². The number of nitrogens with zero attached hydrogens (tertiary/aromatic N) is 4. The molecule has 2 aliphatic rings. The lowest BCUT2D eigenvalue weighted by molar-refractivity contribution is -0.139. The predicted molar refractivity (Wildman–Crippen MR) is 204 cm³/mol. The SMILES string of the molecule is COC(=O)N[C@H](C(=O)N1CCC[C@H]1C(=O)Nc1ccc(-c2cn3cc(NC(=O)C4CCCN4C(=O)[C@@H](NC(=O)OC)C(C)C)nc3s2)cc1)c1ccccc1. The van der Waals surface area contributed by atoms with Crippen LogP contribution >= 0.6 is 11.3 Å². The lowest BCUT2D eigenvalue weighted by Crippen LogP contribution is -2.54. The zero-order valence-corrected chi connectivity index (χ0v) is 31.8. The van der Waals surface area contributed by atoms with E-state index in [9.17, 15) is 28.8 Å². The van der Waals surface area contributed by atoms with E-state index in [1.54, 1.807) is 47.0 Å². The highest BCUT2D eigenvalue weighted by molar-refractivity contribution is 7.20. The van der Waals surface area contributed by atoms with Gasteiger partial charge in [0, 0.05) is 25.0 Å². The molecule has 0 spiro atoms. The van der Waals surface area contributed by atoms with Gasteiger partial charge in [0.05, 0.1) is 25.3 Å².